The van der Waals surface area contributed by atoms with E-state index in [4.69, 9.17) is 0 Å². The SMILES string of the molecule is C[C@H](NC(=O)C(F)(F)F)C(=O)c1cccn1C. The maximum atomic E-state index is 12.0. The van der Waals surface area contributed by atoms with E-state index in [-0.39, 0.29) is 5.69 Å². The molecule has 1 atom stereocenters. The number of aryl methyl sites for hydroxylation is 1. The van der Waals surface area contributed by atoms with Gasteiger partial charge in [-0.15, -0.1) is 0 Å². The Kier molecular flexibility index (Phi) is 3.59. The molecule has 1 rings (SSSR count). The minimum Gasteiger partial charge on any atom is -0.348 e. The van der Waals surface area contributed by atoms with Crippen LogP contribution in [0, 0.1) is 0 Å². The zero-order valence-corrected chi connectivity index (χ0v) is 9.21. The number of ketones is 1. The number of carbonyl (C=O) groups excluding carboxylic acids is 2. The van der Waals surface area contributed by atoms with Gasteiger partial charge in [-0.25, -0.2) is 0 Å². The summed E-state index contributed by atoms with van der Waals surface area (Å²) in [7, 11) is 1.59. The fourth-order valence-corrected chi connectivity index (χ4v) is 1.28. The van der Waals surface area contributed by atoms with E-state index in [0.717, 1.165) is 0 Å². The van der Waals surface area contributed by atoms with Crippen LogP contribution < -0.4 is 5.32 Å². The lowest BCUT2D eigenvalue weighted by molar-refractivity contribution is -0.173. The molecule has 1 N–H and O–H groups in total. The molecule has 94 valence electrons. The number of amides is 1. The van der Waals surface area contributed by atoms with E-state index in [2.05, 4.69) is 0 Å². The number of rotatable bonds is 3. The van der Waals surface area contributed by atoms with Gasteiger partial charge in [0.2, 0.25) is 5.78 Å². The van der Waals surface area contributed by atoms with Crippen molar-refractivity contribution in [3.63, 3.8) is 0 Å². The third kappa shape index (κ3) is 3.08. The highest BCUT2D eigenvalue weighted by Gasteiger charge is 2.40. The third-order valence-corrected chi connectivity index (χ3v) is 2.19. The summed E-state index contributed by atoms with van der Waals surface area (Å²) in [5, 5.41) is 1.61. The first-order chi connectivity index (χ1) is 7.73. The maximum absolute atomic E-state index is 12.0. The van der Waals surface area contributed by atoms with Crippen LogP contribution in [0.5, 0.6) is 0 Å². The predicted octanol–water partition coefficient (Wildman–Crippen LogP) is 1.27. The van der Waals surface area contributed by atoms with Gasteiger partial charge in [0, 0.05) is 13.2 Å². The zero-order chi connectivity index (χ0) is 13.2. The Bertz CT molecular complexity index is 437. The monoisotopic (exact) mass is 248 g/mol. The highest BCUT2D eigenvalue weighted by Crippen LogP contribution is 2.15. The van der Waals surface area contributed by atoms with E-state index in [1.807, 2.05) is 0 Å². The van der Waals surface area contributed by atoms with Crippen molar-refractivity contribution in [3.8, 4) is 0 Å². The van der Waals surface area contributed by atoms with Gasteiger partial charge < -0.3 is 9.88 Å². The highest BCUT2D eigenvalue weighted by atomic mass is 19.4. The number of nitrogens with one attached hydrogen (secondary N) is 1. The van der Waals surface area contributed by atoms with Crippen molar-refractivity contribution in [3.05, 3.63) is 24.0 Å². The van der Waals surface area contributed by atoms with E-state index in [1.165, 1.54) is 17.6 Å². The molecule has 0 saturated heterocycles. The fraction of sp³-hybridized carbons (Fsp3) is 0.400. The largest absolute Gasteiger partial charge is 0.471 e. The minimum atomic E-state index is -4.98. The number of hydrogen-bond acceptors (Lipinski definition) is 2. The van der Waals surface area contributed by atoms with Crippen LogP contribution in [0.15, 0.2) is 18.3 Å². The average Bonchev–Trinajstić information content (AvgIpc) is 2.61. The van der Waals surface area contributed by atoms with Gasteiger partial charge in [0.25, 0.3) is 0 Å². The maximum Gasteiger partial charge on any atom is 0.471 e. The number of Topliss-reactive ketones (excluding diaryl/α,β-unsaturated/α-hetero) is 1. The molecule has 0 unspecified atom stereocenters. The summed E-state index contributed by atoms with van der Waals surface area (Å²) in [6.45, 7) is 1.21. The van der Waals surface area contributed by atoms with E-state index in [9.17, 15) is 22.8 Å². The zero-order valence-electron chi connectivity index (χ0n) is 9.21. The van der Waals surface area contributed by atoms with Crippen molar-refractivity contribution in [2.45, 2.75) is 19.1 Å². The molecule has 1 heterocycles. The van der Waals surface area contributed by atoms with Crippen LogP contribution in [-0.4, -0.2) is 28.5 Å². The number of nitrogens with zero attached hydrogens (tertiary/aromatic N) is 1. The number of aromatic nitrogens is 1. The van der Waals surface area contributed by atoms with E-state index in [0.29, 0.717) is 0 Å². The molecular formula is C10H11F3N2O2. The topological polar surface area (TPSA) is 51.1 Å². The van der Waals surface area contributed by atoms with E-state index < -0.39 is 23.9 Å². The Balaban J connectivity index is 2.73. The van der Waals surface area contributed by atoms with Gasteiger partial charge in [0.1, 0.15) is 0 Å². The van der Waals surface area contributed by atoms with Gasteiger partial charge in [0.05, 0.1) is 11.7 Å². The lowest BCUT2D eigenvalue weighted by Crippen LogP contribution is -2.45. The molecule has 1 amide bonds. The van der Waals surface area contributed by atoms with Crippen molar-refractivity contribution < 1.29 is 22.8 Å². The van der Waals surface area contributed by atoms with Crippen molar-refractivity contribution in [2.75, 3.05) is 0 Å². The van der Waals surface area contributed by atoms with Crippen molar-refractivity contribution in [2.24, 2.45) is 7.05 Å². The second kappa shape index (κ2) is 4.60. The van der Waals surface area contributed by atoms with Crippen LogP contribution in [-0.2, 0) is 11.8 Å². The summed E-state index contributed by atoms with van der Waals surface area (Å²) in [5.41, 5.74) is 0.236. The molecule has 0 aromatic carbocycles. The molecule has 0 bridgehead atoms. The van der Waals surface area contributed by atoms with Crippen LogP contribution in [0.1, 0.15) is 17.4 Å². The van der Waals surface area contributed by atoms with E-state index >= 15 is 0 Å². The fourth-order valence-electron chi connectivity index (χ4n) is 1.28. The molecule has 0 spiro atoms. The molecule has 0 saturated carbocycles. The Morgan fingerprint density at radius 1 is 1.41 bits per heavy atom. The number of halogens is 3. The first kappa shape index (κ1) is 13.3. The van der Waals surface area contributed by atoms with Gasteiger partial charge in [-0.2, -0.15) is 13.2 Å². The molecule has 0 fully saturated rings. The Labute approximate surface area is 95.4 Å². The Morgan fingerprint density at radius 2 is 2.00 bits per heavy atom. The van der Waals surface area contributed by atoms with Crippen molar-refractivity contribution >= 4 is 11.7 Å². The van der Waals surface area contributed by atoms with Gasteiger partial charge >= 0.3 is 12.1 Å². The van der Waals surface area contributed by atoms with Crippen LogP contribution in [0.3, 0.4) is 0 Å². The molecule has 0 aliphatic carbocycles. The molecule has 7 heteroatoms. The lowest BCUT2D eigenvalue weighted by atomic mass is 10.1. The standard InChI is InChI=1S/C10H11F3N2O2/c1-6(14-9(17)10(11,12)13)8(16)7-4-3-5-15(7)2/h3-6H,1-2H3,(H,14,17)/t6-/m0/s1. The molecule has 1 aromatic rings. The minimum absolute atomic E-state index is 0.236. The van der Waals surface area contributed by atoms with Crippen LogP contribution in [0.4, 0.5) is 13.2 Å². The summed E-state index contributed by atoms with van der Waals surface area (Å²) in [6, 6.07) is 1.84. The molecule has 0 aliphatic heterocycles. The Morgan fingerprint density at radius 3 is 2.41 bits per heavy atom. The summed E-state index contributed by atoms with van der Waals surface area (Å²) < 4.78 is 37.4. The van der Waals surface area contributed by atoms with Crippen LogP contribution in [0.2, 0.25) is 0 Å². The van der Waals surface area contributed by atoms with Gasteiger partial charge in [-0.05, 0) is 19.1 Å². The second-order valence-electron chi connectivity index (χ2n) is 3.56. The summed E-state index contributed by atoms with van der Waals surface area (Å²) in [4.78, 5) is 22.3. The second-order valence-corrected chi connectivity index (χ2v) is 3.56. The van der Waals surface area contributed by atoms with Gasteiger partial charge in [0.15, 0.2) is 0 Å². The lowest BCUT2D eigenvalue weighted by Gasteiger charge is -2.14. The van der Waals surface area contributed by atoms with Crippen molar-refractivity contribution in [1.82, 2.24) is 9.88 Å². The van der Waals surface area contributed by atoms with Crippen molar-refractivity contribution in [1.29, 1.82) is 0 Å². The first-order valence-electron chi connectivity index (χ1n) is 4.76. The molecule has 4 nitrogen and oxygen atoms in total. The third-order valence-electron chi connectivity index (χ3n) is 2.19. The smallest absolute Gasteiger partial charge is 0.348 e. The molecule has 17 heavy (non-hydrogen) atoms. The summed E-state index contributed by atoms with van der Waals surface area (Å²) in [6.07, 6.45) is -3.39. The number of alkyl halides is 3. The normalized spacial score (nSPS) is 13.2. The average molecular weight is 248 g/mol. The molecular weight excluding hydrogens is 237 g/mol. The Hall–Kier alpha value is -1.79. The molecule has 0 aliphatic rings. The van der Waals surface area contributed by atoms with Crippen LogP contribution >= 0.6 is 0 Å². The van der Waals surface area contributed by atoms with Crippen LogP contribution in [0.25, 0.3) is 0 Å². The van der Waals surface area contributed by atoms with Gasteiger partial charge in [-0.1, -0.05) is 0 Å². The summed E-state index contributed by atoms with van der Waals surface area (Å²) in [5.74, 6) is -2.69. The predicted molar refractivity (Wildman–Crippen MR) is 53.4 cm³/mol. The quantitative estimate of drug-likeness (QED) is 0.819. The molecule has 1 aromatic heterocycles. The van der Waals surface area contributed by atoms with E-state index in [1.54, 1.807) is 24.6 Å². The van der Waals surface area contributed by atoms with Gasteiger partial charge in [-0.3, -0.25) is 9.59 Å². The molecule has 0 radical (unpaired) electrons. The number of carbonyl (C=O) groups is 2. The number of hydrogen-bond donors (Lipinski definition) is 1. The summed E-state index contributed by atoms with van der Waals surface area (Å²) >= 11 is 0. The first-order valence-corrected chi connectivity index (χ1v) is 4.76. The highest BCUT2D eigenvalue weighted by molar-refractivity contribution is 6.01.